The third kappa shape index (κ3) is 5.57. The van der Waals surface area contributed by atoms with Gasteiger partial charge in [-0.05, 0) is 70.2 Å². The molecule has 8 nitrogen and oxygen atoms in total. The molecular formula is C32H38N2O6. The summed E-state index contributed by atoms with van der Waals surface area (Å²) in [6.07, 6.45) is 1.72. The average molecular weight is 547 g/mol. The fourth-order valence-corrected chi connectivity index (χ4v) is 5.21. The van der Waals surface area contributed by atoms with Gasteiger partial charge in [0.2, 0.25) is 0 Å². The van der Waals surface area contributed by atoms with Crippen molar-refractivity contribution in [1.29, 1.82) is 0 Å². The molecule has 8 heteroatoms. The largest absolute Gasteiger partial charge is 0.493 e. The second-order valence-corrected chi connectivity index (χ2v) is 11.4. The van der Waals surface area contributed by atoms with Crippen LogP contribution in [-0.4, -0.2) is 47.4 Å². The molecule has 0 bridgehead atoms. The van der Waals surface area contributed by atoms with Gasteiger partial charge in [-0.1, -0.05) is 29.8 Å². The zero-order chi connectivity index (χ0) is 28.7. The van der Waals surface area contributed by atoms with Crippen LogP contribution >= 0.6 is 0 Å². The molecule has 40 heavy (non-hydrogen) atoms. The van der Waals surface area contributed by atoms with E-state index < -0.39 is 17.2 Å². The second-order valence-electron chi connectivity index (χ2n) is 11.4. The summed E-state index contributed by atoms with van der Waals surface area (Å²) in [5, 5.41) is 21.2. The Bertz CT molecular complexity index is 1400. The van der Waals surface area contributed by atoms with Crippen molar-refractivity contribution < 1.29 is 29.2 Å². The number of aromatic nitrogens is 1. The highest BCUT2D eigenvalue weighted by Gasteiger charge is 2.50. The number of aryl methyl sites for hydroxylation is 1. The smallest absolute Gasteiger partial charge is 0.163 e. The summed E-state index contributed by atoms with van der Waals surface area (Å²) in [6, 6.07) is 14.9. The molecule has 0 amide bonds. The Morgan fingerprint density at radius 3 is 2.58 bits per heavy atom. The number of Topliss-reactive ketones (excluding diaryl/α,β-unsaturated/α-hetero) is 1. The van der Waals surface area contributed by atoms with E-state index in [2.05, 4.69) is 0 Å². The molecule has 1 aromatic heterocycles. The van der Waals surface area contributed by atoms with E-state index >= 15 is 0 Å². The molecule has 2 heterocycles. The third-order valence-corrected chi connectivity index (χ3v) is 7.92. The van der Waals surface area contributed by atoms with Crippen LogP contribution in [0.2, 0.25) is 0 Å². The summed E-state index contributed by atoms with van der Waals surface area (Å²) in [5.41, 5.74) is 9.37. The number of nitrogens with two attached hydrogens (primary N) is 1. The Morgan fingerprint density at radius 2 is 1.93 bits per heavy atom. The standard InChI is InChI=1S/C32H38N2O6/c1-19-5-7-21(8-6-19)29-30-24(32(33,18-40-30)23-10-11-23)16-28(34-29)31(3,37)14-13-25(36)22-9-12-26(27(15-22)38-4)39-17-20(2)35/h5-9,12,15-16,20,23,35,37H,10-11,13-14,17-18,33H2,1-4H3. The lowest BCUT2D eigenvalue weighted by Gasteiger charge is -2.27. The molecule has 3 aromatic rings. The number of ketones is 1. The second kappa shape index (κ2) is 10.8. The van der Waals surface area contributed by atoms with Gasteiger partial charge in [0.15, 0.2) is 23.0 Å². The predicted octanol–water partition coefficient (Wildman–Crippen LogP) is 4.65. The first-order valence-electron chi connectivity index (χ1n) is 13.8. The monoisotopic (exact) mass is 546 g/mol. The molecule has 3 unspecified atom stereocenters. The van der Waals surface area contributed by atoms with Crippen molar-refractivity contribution in [1.82, 2.24) is 4.98 Å². The lowest BCUT2D eigenvalue weighted by molar-refractivity contribution is 0.0396. The fraction of sp³-hybridized carbons (Fsp3) is 0.438. The lowest BCUT2D eigenvalue weighted by atomic mass is 9.84. The molecule has 0 spiro atoms. The normalized spacial score (nSPS) is 20.3. The van der Waals surface area contributed by atoms with Gasteiger partial charge in [-0.2, -0.15) is 0 Å². The van der Waals surface area contributed by atoms with E-state index in [1.54, 1.807) is 32.0 Å². The topological polar surface area (TPSA) is 124 Å². The maximum Gasteiger partial charge on any atom is 0.163 e. The van der Waals surface area contributed by atoms with Gasteiger partial charge in [0.25, 0.3) is 0 Å². The number of methoxy groups -OCH3 is 1. The van der Waals surface area contributed by atoms with Gasteiger partial charge in [0.1, 0.15) is 24.5 Å². The van der Waals surface area contributed by atoms with Crippen molar-refractivity contribution in [3.05, 3.63) is 70.9 Å². The first-order valence-corrected chi connectivity index (χ1v) is 13.8. The molecule has 0 saturated heterocycles. The van der Waals surface area contributed by atoms with Gasteiger partial charge >= 0.3 is 0 Å². The predicted molar refractivity (Wildman–Crippen MR) is 152 cm³/mol. The zero-order valence-corrected chi connectivity index (χ0v) is 23.6. The Kier molecular flexibility index (Phi) is 7.61. The van der Waals surface area contributed by atoms with E-state index in [-0.39, 0.29) is 25.2 Å². The number of hydrogen-bond donors (Lipinski definition) is 3. The van der Waals surface area contributed by atoms with E-state index in [1.165, 1.54) is 7.11 Å². The Labute approximate surface area is 235 Å². The van der Waals surface area contributed by atoms with Crippen molar-refractivity contribution in [3.63, 3.8) is 0 Å². The SMILES string of the molecule is COc1cc(C(=O)CCC(C)(O)c2cc3c(c(-c4ccc(C)cc4)n2)OCC3(N)C2CC2)ccc1OCC(C)O. The molecule has 0 radical (unpaired) electrons. The van der Waals surface area contributed by atoms with Crippen LogP contribution in [-0.2, 0) is 11.1 Å². The molecule has 2 aromatic carbocycles. The number of pyridine rings is 1. The maximum absolute atomic E-state index is 13.2. The molecule has 1 aliphatic heterocycles. The molecule has 212 valence electrons. The van der Waals surface area contributed by atoms with Crippen molar-refractivity contribution in [3.8, 4) is 28.5 Å². The minimum absolute atomic E-state index is 0.0928. The molecule has 1 fully saturated rings. The van der Waals surface area contributed by atoms with E-state index in [9.17, 15) is 15.0 Å². The van der Waals surface area contributed by atoms with Crippen LogP contribution in [0, 0.1) is 12.8 Å². The van der Waals surface area contributed by atoms with Crippen molar-refractivity contribution in [2.45, 2.75) is 63.7 Å². The molecule has 3 atom stereocenters. The highest BCUT2D eigenvalue weighted by molar-refractivity contribution is 5.96. The summed E-state index contributed by atoms with van der Waals surface area (Å²) in [6.45, 7) is 5.84. The molecule has 4 N–H and O–H groups in total. The van der Waals surface area contributed by atoms with Crippen LogP contribution in [0.3, 0.4) is 0 Å². The highest BCUT2D eigenvalue weighted by Crippen LogP contribution is 2.53. The van der Waals surface area contributed by atoms with Gasteiger partial charge in [-0.25, -0.2) is 4.98 Å². The quantitative estimate of drug-likeness (QED) is 0.297. The third-order valence-electron chi connectivity index (χ3n) is 7.92. The minimum atomic E-state index is -1.39. The van der Waals surface area contributed by atoms with Crippen LogP contribution in [0.25, 0.3) is 11.3 Å². The van der Waals surface area contributed by atoms with E-state index in [0.717, 1.165) is 29.5 Å². The van der Waals surface area contributed by atoms with Crippen molar-refractivity contribution in [2.24, 2.45) is 11.7 Å². The van der Waals surface area contributed by atoms with Gasteiger partial charge in [-0.15, -0.1) is 0 Å². The molecule has 1 aliphatic carbocycles. The Balaban J connectivity index is 1.41. The zero-order valence-electron chi connectivity index (χ0n) is 23.6. The van der Waals surface area contributed by atoms with Crippen LogP contribution in [0.4, 0.5) is 0 Å². The summed E-state index contributed by atoms with van der Waals surface area (Å²) in [7, 11) is 1.50. The molecule has 5 rings (SSSR count). The maximum atomic E-state index is 13.2. The number of ether oxygens (including phenoxy) is 3. The number of nitrogens with zero attached hydrogens (tertiary/aromatic N) is 1. The Morgan fingerprint density at radius 1 is 1.20 bits per heavy atom. The van der Waals surface area contributed by atoms with E-state index in [4.69, 9.17) is 24.9 Å². The number of aliphatic hydroxyl groups excluding tert-OH is 1. The first-order chi connectivity index (χ1) is 19.0. The molecule has 1 saturated carbocycles. The average Bonchev–Trinajstić information content (AvgIpc) is 3.75. The van der Waals surface area contributed by atoms with Crippen LogP contribution in [0.5, 0.6) is 17.2 Å². The van der Waals surface area contributed by atoms with Gasteiger partial charge in [0.05, 0.1) is 24.4 Å². The summed E-state index contributed by atoms with van der Waals surface area (Å²) >= 11 is 0. The van der Waals surface area contributed by atoms with Gasteiger partial charge < -0.3 is 30.2 Å². The summed E-state index contributed by atoms with van der Waals surface area (Å²) in [4.78, 5) is 18.1. The van der Waals surface area contributed by atoms with Crippen LogP contribution in [0.1, 0.15) is 66.7 Å². The van der Waals surface area contributed by atoms with Crippen molar-refractivity contribution >= 4 is 5.78 Å². The van der Waals surface area contributed by atoms with E-state index in [1.807, 2.05) is 37.3 Å². The fourth-order valence-electron chi connectivity index (χ4n) is 5.21. The minimum Gasteiger partial charge on any atom is -0.493 e. The lowest BCUT2D eigenvalue weighted by Crippen LogP contribution is -2.41. The highest BCUT2D eigenvalue weighted by atomic mass is 16.5. The Hall–Kier alpha value is -3.46. The number of aliphatic hydroxyl groups is 2. The number of fused-ring (bicyclic) bond motifs is 1. The number of carbonyl (C=O) groups is 1. The number of benzene rings is 2. The number of carbonyl (C=O) groups excluding carboxylic acids is 1. The van der Waals surface area contributed by atoms with Crippen molar-refractivity contribution in [2.75, 3.05) is 20.3 Å². The van der Waals surface area contributed by atoms with E-state index in [0.29, 0.717) is 46.7 Å². The van der Waals surface area contributed by atoms with Crippen LogP contribution in [0.15, 0.2) is 48.5 Å². The summed E-state index contributed by atoms with van der Waals surface area (Å²) in [5.74, 6) is 1.72. The molecule has 2 aliphatic rings. The first kappa shape index (κ1) is 28.1. The number of rotatable bonds is 11. The van der Waals surface area contributed by atoms with Gasteiger partial charge in [0, 0.05) is 23.1 Å². The number of hydrogen-bond acceptors (Lipinski definition) is 8. The van der Waals surface area contributed by atoms with Gasteiger partial charge in [-0.3, -0.25) is 4.79 Å². The summed E-state index contributed by atoms with van der Waals surface area (Å²) < 4.78 is 17.1. The van der Waals surface area contributed by atoms with Crippen LogP contribution < -0.4 is 19.9 Å². The molecular weight excluding hydrogens is 508 g/mol.